The molecule has 1 unspecified atom stereocenters. The molecule has 0 saturated carbocycles. The van der Waals surface area contributed by atoms with Crippen LogP contribution in [0.25, 0.3) is 0 Å². The highest BCUT2D eigenvalue weighted by Gasteiger charge is 2.70. The van der Waals surface area contributed by atoms with Crippen LogP contribution in [0.4, 0.5) is 0 Å². The van der Waals surface area contributed by atoms with E-state index >= 15 is 0 Å². The molecule has 2 fully saturated rings. The number of nitrogens with one attached hydrogen (secondary N) is 2. The van der Waals surface area contributed by atoms with Crippen LogP contribution in [0.1, 0.15) is 49.2 Å². The van der Waals surface area contributed by atoms with Gasteiger partial charge in [0.2, 0.25) is 17.4 Å². The van der Waals surface area contributed by atoms with Gasteiger partial charge in [-0.15, -0.1) is 0 Å². The van der Waals surface area contributed by atoms with E-state index in [1.165, 1.54) is 37.6 Å². The Morgan fingerprint density at radius 2 is 1.85 bits per heavy atom. The third-order valence-corrected chi connectivity index (χ3v) is 7.01. The zero-order valence-electron chi connectivity index (χ0n) is 23.4. The zero-order valence-corrected chi connectivity index (χ0v) is 23.4. The van der Waals surface area contributed by atoms with Gasteiger partial charge in [0.1, 0.15) is 11.7 Å². The molecule has 2 aliphatic rings. The number of rotatable bonds is 11. The van der Waals surface area contributed by atoms with E-state index in [9.17, 15) is 24.0 Å². The van der Waals surface area contributed by atoms with Crippen molar-refractivity contribution in [3.8, 4) is 0 Å². The van der Waals surface area contributed by atoms with Crippen molar-refractivity contribution in [3.05, 3.63) is 60.2 Å². The van der Waals surface area contributed by atoms with Gasteiger partial charge in [0, 0.05) is 43.6 Å². The van der Waals surface area contributed by atoms with Crippen molar-refractivity contribution in [1.82, 2.24) is 25.5 Å². The predicted octanol–water partition coefficient (Wildman–Crippen LogP) is 0.0755. The topological polar surface area (TPSA) is 170 Å². The van der Waals surface area contributed by atoms with Gasteiger partial charge >= 0.3 is 12.7 Å². The second-order valence-corrected chi connectivity index (χ2v) is 11.0. The summed E-state index contributed by atoms with van der Waals surface area (Å²) in [4.78, 5) is 74.4. The number of hydrogen-bond donors (Lipinski definition) is 2. The van der Waals surface area contributed by atoms with E-state index in [1.54, 1.807) is 0 Å². The van der Waals surface area contributed by atoms with Crippen molar-refractivity contribution in [3.63, 3.8) is 0 Å². The number of hydrogen-bond acceptors (Lipinski definition) is 9. The van der Waals surface area contributed by atoms with Gasteiger partial charge in [-0.2, -0.15) is 0 Å². The highest BCUT2D eigenvalue weighted by atomic mass is 16.8. The van der Waals surface area contributed by atoms with Crippen LogP contribution in [0.3, 0.4) is 0 Å². The van der Waals surface area contributed by atoms with Gasteiger partial charge in [0.15, 0.2) is 0 Å². The molecule has 3 N–H and O–H groups in total. The SMILES string of the molecule is CC(C)C[C@H](NC(=O)[C@H](Cc1ccccc1)NC(=O)c1cnccn1)[B-]12OC(=O)C[C@](CC(=O)N(C)C)(O1)C(=O)[OH+]2. The van der Waals surface area contributed by atoms with Gasteiger partial charge < -0.3 is 29.5 Å². The maximum Gasteiger partial charge on any atom is 0.594 e. The Morgan fingerprint density at radius 3 is 2.49 bits per heavy atom. The van der Waals surface area contributed by atoms with Crippen molar-refractivity contribution >= 4 is 36.4 Å². The average molecular weight is 567 g/mol. The smallest absolute Gasteiger partial charge is 0.594 e. The van der Waals surface area contributed by atoms with Crippen LogP contribution in [0, 0.1) is 5.92 Å². The summed E-state index contributed by atoms with van der Waals surface area (Å²) >= 11 is 0. The Hall–Kier alpha value is -4.33. The normalized spacial score (nSPS) is 22.8. The lowest BCUT2D eigenvalue weighted by Crippen LogP contribution is -2.67. The molecule has 13 nitrogen and oxygen atoms in total. The fourth-order valence-electron chi connectivity index (χ4n) is 4.98. The third kappa shape index (κ3) is 6.71. The molecular formula is C27H34BN5O8. The molecule has 0 spiro atoms. The Kier molecular flexibility index (Phi) is 8.71. The minimum absolute atomic E-state index is 0.0242. The molecule has 0 radical (unpaired) electrons. The summed E-state index contributed by atoms with van der Waals surface area (Å²) < 4.78 is 15.8. The van der Waals surface area contributed by atoms with Crippen molar-refractivity contribution in [2.45, 2.75) is 57.1 Å². The number of carbonyl (C=O) groups is 5. The van der Waals surface area contributed by atoms with Crippen molar-refractivity contribution in [1.29, 1.82) is 0 Å². The second kappa shape index (κ2) is 12.0. The molecule has 14 heteroatoms. The number of aromatic nitrogens is 2. The standard InChI is InChI=1S/C27H34BN5O8/c1-17(2)12-21(28-39-23(35)15-27(41-28,26(38)40-28)14-22(34)33(3)4)32-24(36)19(13-18-8-6-5-7-9-18)31-25(37)20-16-29-10-11-30-20/h5-11,16-17,19,21,40H,12-15H2,1-4H3,(H,31,37)(H,32,36)/t19-,21-,27-,28?/m0/s1. The lowest BCUT2D eigenvalue weighted by atomic mass is 9.64. The Morgan fingerprint density at radius 1 is 1.12 bits per heavy atom. The zero-order chi connectivity index (χ0) is 29.8. The van der Waals surface area contributed by atoms with E-state index in [0.717, 1.165) is 5.56 Å². The number of fused-ring (bicyclic) bond motifs is 2. The summed E-state index contributed by atoms with van der Waals surface area (Å²) in [5.74, 6) is -4.27. The number of benzene rings is 1. The number of aliphatic carboxylic acids is 1. The van der Waals surface area contributed by atoms with Crippen LogP contribution in [-0.2, 0) is 34.9 Å². The summed E-state index contributed by atoms with van der Waals surface area (Å²) in [6, 6.07) is 8.01. The molecule has 2 bridgehead atoms. The quantitative estimate of drug-likeness (QED) is 0.282. The van der Waals surface area contributed by atoms with E-state index in [4.69, 9.17) is 9.31 Å². The van der Waals surface area contributed by atoms with Crippen LogP contribution in [0.15, 0.2) is 48.9 Å². The van der Waals surface area contributed by atoms with E-state index in [1.807, 2.05) is 44.2 Å². The molecular weight excluding hydrogens is 533 g/mol. The van der Waals surface area contributed by atoms with Crippen LogP contribution in [0.5, 0.6) is 0 Å². The van der Waals surface area contributed by atoms with Crippen LogP contribution in [0.2, 0.25) is 0 Å². The Balaban J connectivity index is 1.62. The maximum absolute atomic E-state index is 13.8. The summed E-state index contributed by atoms with van der Waals surface area (Å²) in [5.41, 5.74) is -1.00. The lowest BCUT2D eigenvalue weighted by Gasteiger charge is -2.44. The molecule has 41 heavy (non-hydrogen) atoms. The largest absolute Gasteiger partial charge is 0.715 e. The maximum atomic E-state index is 13.8. The van der Waals surface area contributed by atoms with Crippen LogP contribution in [-0.4, -0.2) is 87.6 Å². The van der Waals surface area contributed by atoms with Gasteiger partial charge in [0.05, 0.1) is 19.0 Å². The highest BCUT2D eigenvalue weighted by molar-refractivity contribution is 6.67. The molecule has 2 saturated heterocycles. The number of carboxylic acids is 1. The van der Waals surface area contributed by atoms with E-state index < -0.39 is 66.8 Å². The first-order valence-corrected chi connectivity index (χ1v) is 13.4. The molecule has 218 valence electrons. The summed E-state index contributed by atoms with van der Waals surface area (Å²) in [6.45, 7) is 0.735. The van der Waals surface area contributed by atoms with Crippen molar-refractivity contribution in [2.24, 2.45) is 5.92 Å². The number of amides is 3. The first kappa shape index (κ1) is 29.7. The van der Waals surface area contributed by atoms with Gasteiger partial charge in [-0.1, -0.05) is 50.6 Å². The predicted molar refractivity (Wildman–Crippen MR) is 146 cm³/mol. The Bertz CT molecular complexity index is 1310. The van der Waals surface area contributed by atoms with E-state index in [2.05, 4.69) is 25.3 Å². The molecule has 1 aromatic heterocycles. The molecule has 3 amide bonds. The van der Waals surface area contributed by atoms with Crippen molar-refractivity contribution < 1.29 is 37.9 Å². The first-order chi connectivity index (χ1) is 19.4. The average Bonchev–Trinajstić information content (AvgIpc) is 3.13. The monoisotopic (exact) mass is 567 g/mol. The minimum Gasteiger partial charge on any atom is -0.715 e. The summed E-state index contributed by atoms with van der Waals surface area (Å²) in [7, 11) is 3.05. The highest BCUT2D eigenvalue weighted by Crippen LogP contribution is 2.41. The van der Waals surface area contributed by atoms with Gasteiger partial charge in [-0.05, 0) is 11.5 Å². The lowest BCUT2D eigenvalue weighted by molar-refractivity contribution is -0.160. The van der Waals surface area contributed by atoms with Crippen LogP contribution < -0.4 is 10.6 Å². The molecule has 4 rings (SSSR count). The van der Waals surface area contributed by atoms with Crippen LogP contribution >= 0.6 is 0 Å². The molecule has 2 aliphatic heterocycles. The molecule has 2 aromatic rings. The number of nitrogens with zero attached hydrogens (tertiary/aromatic N) is 3. The molecule has 3 heterocycles. The van der Waals surface area contributed by atoms with Gasteiger partial charge in [0.25, 0.3) is 11.9 Å². The minimum atomic E-state index is -3.03. The second-order valence-electron chi connectivity index (χ2n) is 11.0. The Labute approximate surface area is 237 Å². The van der Waals surface area contributed by atoms with Gasteiger partial charge in [-0.25, -0.2) is 4.98 Å². The van der Waals surface area contributed by atoms with E-state index in [-0.39, 0.29) is 24.5 Å². The molecule has 4 atom stereocenters. The third-order valence-electron chi connectivity index (χ3n) is 7.01. The van der Waals surface area contributed by atoms with E-state index in [0.29, 0.717) is 0 Å². The fraction of sp³-hybridized carbons (Fsp3) is 0.444. The van der Waals surface area contributed by atoms with Gasteiger partial charge in [-0.3, -0.25) is 24.2 Å². The summed E-state index contributed by atoms with van der Waals surface area (Å²) in [6.07, 6.45) is 3.56. The first-order valence-electron chi connectivity index (χ1n) is 13.4. The fourth-order valence-corrected chi connectivity index (χ4v) is 4.98. The van der Waals surface area contributed by atoms with Crippen molar-refractivity contribution in [2.75, 3.05) is 14.1 Å². The molecule has 1 aromatic carbocycles. The summed E-state index contributed by atoms with van der Waals surface area (Å²) in [5, 5.41) is 5.55. The molecule has 0 aliphatic carbocycles. The number of carbonyl (C=O) groups excluding carboxylic acids is 4.